The van der Waals surface area contributed by atoms with Gasteiger partial charge >= 0.3 is 5.97 Å². The van der Waals surface area contributed by atoms with Gasteiger partial charge in [0.1, 0.15) is 22.9 Å². The number of nitrogens with one attached hydrogen (secondary N) is 1. The SMILES string of the molecule is C=CCn1c(COc2ccc(Cl)cc2C)nnc1SCC(=O)Nc1sc(C)c(-c2ccccc2)c1C(=O)OC. The first-order valence-corrected chi connectivity index (χ1v) is 14.1. The standard InChI is InChI=1S/C28H27ClN4O4S2/c1-5-13-33-22(15-37-21-12-11-20(29)14-17(21)2)31-32-28(33)38-16-23(34)30-26-25(27(35)36-4)24(18(3)39-26)19-9-7-6-8-10-19/h5-12,14H,1,13,15-16H2,2-4H3,(H,30,34). The summed E-state index contributed by atoms with van der Waals surface area (Å²) in [6.07, 6.45) is 1.73. The van der Waals surface area contributed by atoms with E-state index in [4.69, 9.17) is 21.1 Å². The molecule has 4 aromatic rings. The van der Waals surface area contributed by atoms with Crippen molar-refractivity contribution in [3.63, 3.8) is 0 Å². The minimum absolute atomic E-state index is 0.0602. The number of nitrogens with zero attached hydrogens (tertiary/aromatic N) is 3. The zero-order valence-corrected chi connectivity index (χ0v) is 24.1. The summed E-state index contributed by atoms with van der Waals surface area (Å²) < 4.78 is 12.8. The first kappa shape index (κ1) is 28.4. The molecule has 1 amide bonds. The molecule has 0 saturated heterocycles. The van der Waals surface area contributed by atoms with Crippen LogP contribution in [0.25, 0.3) is 11.1 Å². The number of methoxy groups -OCH3 is 1. The fourth-order valence-corrected chi connectivity index (χ4v) is 6.01. The Morgan fingerprint density at radius 1 is 1.18 bits per heavy atom. The van der Waals surface area contributed by atoms with Crippen molar-refractivity contribution in [2.75, 3.05) is 18.2 Å². The minimum atomic E-state index is -0.507. The maximum Gasteiger partial charge on any atom is 0.341 e. The van der Waals surface area contributed by atoms with Gasteiger partial charge in [-0.05, 0) is 43.2 Å². The maximum absolute atomic E-state index is 13.0. The molecule has 4 rings (SSSR count). The molecule has 0 bridgehead atoms. The van der Waals surface area contributed by atoms with Gasteiger partial charge in [-0.1, -0.05) is 59.8 Å². The van der Waals surface area contributed by atoms with Crippen LogP contribution >= 0.6 is 34.7 Å². The molecule has 0 radical (unpaired) electrons. The van der Waals surface area contributed by atoms with Crippen molar-refractivity contribution in [3.05, 3.63) is 88.0 Å². The third kappa shape index (κ3) is 6.70. The van der Waals surface area contributed by atoms with Crippen molar-refractivity contribution in [2.45, 2.75) is 32.2 Å². The van der Waals surface area contributed by atoms with Gasteiger partial charge < -0.3 is 14.8 Å². The van der Waals surface area contributed by atoms with Gasteiger partial charge in [0, 0.05) is 22.0 Å². The molecule has 0 fully saturated rings. The maximum atomic E-state index is 13.0. The predicted octanol–water partition coefficient (Wildman–Crippen LogP) is 6.56. The lowest BCUT2D eigenvalue weighted by atomic mass is 10.0. The zero-order chi connectivity index (χ0) is 27.9. The Morgan fingerprint density at radius 3 is 2.64 bits per heavy atom. The van der Waals surface area contributed by atoms with Crippen molar-refractivity contribution in [2.24, 2.45) is 0 Å². The van der Waals surface area contributed by atoms with E-state index in [0.717, 1.165) is 21.6 Å². The van der Waals surface area contributed by atoms with Crippen LogP contribution in [0.1, 0.15) is 26.6 Å². The quantitative estimate of drug-likeness (QED) is 0.122. The van der Waals surface area contributed by atoms with E-state index in [-0.39, 0.29) is 18.3 Å². The number of hydrogen-bond donors (Lipinski definition) is 1. The van der Waals surface area contributed by atoms with Crippen LogP contribution in [0.5, 0.6) is 5.75 Å². The first-order valence-electron chi connectivity index (χ1n) is 11.9. The van der Waals surface area contributed by atoms with Gasteiger partial charge in [-0.25, -0.2) is 4.79 Å². The fraction of sp³-hybridized carbons (Fsp3) is 0.214. The molecule has 2 heterocycles. The molecule has 0 spiro atoms. The molecule has 2 aromatic heterocycles. The second-order valence-electron chi connectivity index (χ2n) is 8.43. The van der Waals surface area contributed by atoms with Crippen molar-refractivity contribution >= 4 is 51.6 Å². The van der Waals surface area contributed by atoms with Crippen LogP contribution in [-0.4, -0.2) is 39.5 Å². The molecule has 0 atom stereocenters. The molecular weight excluding hydrogens is 556 g/mol. The number of benzene rings is 2. The number of halogens is 1. The largest absolute Gasteiger partial charge is 0.485 e. The van der Waals surface area contributed by atoms with Crippen LogP contribution < -0.4 is 10.1 Å². The second kappa shape index (κ2) is 13.0. The number of aryl methyl sites for hydroxylation is 2. The molecular formula is C28H27ClN4O4S2. The normalized spacial score (nSPS) is 10.8. The van der Waals surface area contributed by atoms with Crippen LogP contribution in [0.4, 0.5) is 5.00 Å². The number of hydrogen-bond acceptors (Lipinski definition) is 8. The average Bonchev–Trinajstić information content (AvgIpc) is 3.46. The van der Waals surface area contributed by atoms with Crippen molar-refractivity contribution in [1.82, 2.24) is 14.8 Å². The first-order chi connectivity index (χ1) is 18.8. The Labute approximate surface area is 240 Å². The third-order valence-corrected chi connectivity index (χ3v) is 7.94. The number of thiophene rings is 1. The van der Waals surface area contributed by atoms with Gasteiger partial charge in [0.05, 0.1) is 12.9 Å². The number of carbonyl (C=O) groups is 2. The van der Waals surface area contributed by atoms with Crippen molar-refractivity contribution in [3.8, 4) is 16.9 Å². The van der Waals surface area contributed by atoms with Gasteiger partial charge in [0.15, 0.2) is 11.0 Å². The van der Waals surface area contributed by atoms with Crippen LogP contribution in [0.2, 0.25) is 5.02 Å². The molecule has 0 aliphatic rings. The van der Waals surface area contributed by atoms with E-state index in [1.54, 1.807) is 12.1 Å². The highest BCUT2D eigenvalue weighted by molar-refractivity contribution is 7.99. The Bertz CT molecular complexity index is 1500. The van der Waals surface area contributed by atoms with Crippen LogP contribution in [-0.2, 0) is 22.7 Å². The summed E-state index contributed by atoms with van der Waals surface area (Å²) in [6, 6.07) is 15.0. The van der Waals surface area contributed by atoms with Crippen LogP contribution in [0.3, 0.4) is 0 Å². The Hall–Kier alpha value is -3.60. The molecule has 11 heteroatoms. The summed E-state index contributed by atoms with van der Waals surface area (Å²) >= 11 is 8.61. The number of thioether (sulfide) groups is 1. The lowest BCUT2D eigenvalue weighted by Crippen LogP contribution is -2.16. The van der Waals surface area contributed by atoms with Gasteiger partial charge in [-0.2, -0.15) is 0 Å². The highest BCUT2D eigenvalue weighted by Gasteiger charge is 2.25. The zero-order valence-electron chi connectivity index (χ0n) is 21.7. The number of allylic oxidation sites excluding steroid dienone is 1. The van der Waals surface area contributed by atoms with Crippen LogP contribution in [0, 0.1) is 13.8 Å². The lowest BCUT2D eigenvalue weighted by Gasteiger charge is -2.11. The Balaban J connectivity index is 1.47. The van der Waals surface area contributed by atoms with E-state index >= 15 is 0 Å². The Kier molecular flexibility index (Phi) is 9.45. The number of aromatic nitrogens is 3. The highest BCUT2D eigenvalue weighted by atomic mass is 35.5. The summed E-state index contributed by atoms with van der Waals surface area (Å²) in [4.78, 5) is 26.6. The van der Waals surface area contributed by atoms with E-state index in [2.05, 4.69) is 22.1 Å². The number of esters is 1. The number of rotatable bonds is 11. The number of ether oxygens (including phenoxy) is 2. The summed E-state index contributed by atoms with van der Waals surface area (Å²) in [7, 11) is 1.33. The van der Waals surface area contributed by atoms with E-state index in [9.17, 15) is 9.59 Å². The summed E-state index contributed by atoms with van der Waals surface area (Å²) in [6.45, 7) is 8.29. The van der Waals surface area contributed by atoms with Gasteiger partial charge in [0.25, 0.3) is 0 Å². The molecule has 1 N–H and O–H groups in total. The molecule has 0 unspecified atom stereocenters. The monoisotopic (exact) mass is 582 g/mol. The van der Waals surface area contributed by atoms with E-state index in [1.807, 2.05) is 60.9 Å². The minimum Gasteiger partial charge on any atom is -0.485 e. The molecule has 0 saturated carbocycles. The van der Waals surface area contributed by atoms with Gasteiger partial charge in [0.2, 0.25) is 5.91 Å². The topological polar surface area (TPSA) is 95.3 Å². The summed E-state index contributed by atoms with van der Waals surface area (Å²) in [5, 5.41) is 13.0. The fourth-order valence-electron chi connectivity index (χ4n) is 3.94. The van der Waals surface area contributed by atoms with Crippen molar-refractivity contribution < 1.29 is 19.1 Å². The molecule has 2 aromatic carbocycles. The van der Waals surface area contributed by atoms with E-state index in [1.165, 1.54) is 30.2 Å². The van der Waals surface area contributed by atoms with Gasteiger partial charge in [-0.15, -0.1) is 28.1 Å². The Morgan fingerprint density at radius 2 is 1.95 bits per heavy atom. The number of carbonyl (C=O) groups excluding carboxylic acids is 2. The second-order valence-corrected chi connectivity index (χ2v) is 11.0. The lowest BCUT2D eigenvalue weighted by molar-refractivity contribution is -0.113. The average molecular weight is 583 g/mol. The smallest absolute Gasteiger partial charge is 0.341 e. The molecule has 0 aliphatic carbocycles. The molecule has 0 aliphatic heterocycles. The molecule has 8 nitrogen and oxygen atoms in total. The van der Waals surface area contributed by atoms with E-state index in [0.29, 0.717) is 38.9 Å². The molecule has 39 heavy (non-hydrogen) atoms. The highest BCUT2D eigenvalue weighted by Crippen LogP contribution is 2.40. The van der Waals surface area contributed by atoms with Crippen LogP contribution in [0.15, 0.2) is 66.3 Å². The summed E-state index contributed by atoms with van der Waals surface area (Å²) in [5.74, 6) is 0.566. The van der Waals surface area contributed by atoms with E-state index < -0.39 is 5.97 Å². The third-order valence-electron chi connectivity index (χ3n) is 5.72. The predicted molar refractivity (Wildman–Crippen MR) is 156 cm³/mol. The van der Waals surface area contributed by atoms with Crippen molar-refractivity contribution in [1.29, 1.82) is 0 Å². The molecule has 202 valence electrons. The van der Waals surface area contributed by atoms with Gasteiger partial charge in [-0.3, -0.25) is 9.36 Å². The number of anilines is 1. The number of amides is 1. The summed E-state index contributed by atoms with van der Waals surface area (Å²) in [5.41, 5.74) is 2.88.